The third-order valence-corrected chi connectivity index (χ3v) is 3.41. The van der Waals surface area contributed by atoms with Crippen molar-refractivity contribution in [1.82, 2.24) is 10.2 Å². The molecule has 3 rings (SSSR count). The van der Waals surface area contributed by atoms with Gasteiger partial charge in [-0.15, -0.1) is 0 Å². The van der Waals surface area contributed by atoms with E-state index < -0.39 is 11.9 Å². The van der Waals surface area contributed by atoms with E-state index >= 15 is 0 Å². The van der Waals surface area contributed by atoms with E-state index in [1.54, 1.807) is 25.1 Å². The monoisotopic (exact) mass is 295 g/mol. The number of nitrogens with zero attached hydrogens (tertiary/aromatic N) is 1. The molecule has 1 aromatic heterocycles. The highest BCUT2D eigenvalue weighted by Gasteiger charge is 2.15. The summed E-state index contributed by atoms with van der Waals surface area (Å²) in [6.07, 6.45) is 0. The molecule has 0 radical (unpaired) electrons. The lowest BCUT2D eigenvalue weighted by atomic mass is 10.1. The quantitative estimate of drug-likeness (QED) is 0.692. The number of carboxylic acids is 1. The van der Waals surface area contributed by atoms with Crippen LogP contribution in [0.25, 0.3) is 10.9 Å². The number of hydrogen-bond donors (Lipinski definition) is 3. The minimum atomic E-state index is -1.03. The number of aromatic amines is 1. The lowest BCUT2D eigenvalue weighted by Gasteiger charge is -2.07. The van der Waals surface area contributed by atoms with Crippen LogP contribution >= 0.6 is 0 Å². The fraction of sp³-hybridized carbons (Fsp3) is 0.0625. The van der Waals surface area contributed by atoms with Crippen LogP contribution in [0.15, 0.2) is 42.5 Å². The van der Waals surface area contributed by atoms with Gasteiger partial charge in [0.2, 0.25) is 0 Å². The lowest BCUT2D eigenvalue weighted by Crippen LogP contribution is -2.13. The molecule has 1 amide bonds. The number of fused-ring (bicyclic) bond motifs is 1. The van der Waals surface area contributed by atoms with Gasteiger partial charge >= 0.3 is 5.97 Å². The standard InChI is InChI=1S/C16H13N3O3/c1-9-6-7-10(8-12(9)16(21)22)17-15(20)14-11-4-2-3-5-13(11)18-19-14/h2-8H,1H3,(H,17,20)(H,18,19)(H,21,22). The van der Waals surface area contributed by atoms with Gasteiger partial charge in [0.05, 0.1) is 11.1 Å². The molecule has 3 aromatic rings. The van der Waals surface area contributed by atoms with Crippen molar-refractivity contribution in [2.24, 2.45) is 0 Å². The van der Waals surface area contributed by atoms with Crippen LogP contribution in [-0.2, 0) is 0 Å². The zero-order valence-electron chi connectivity index (χ0n) is 11.8. The topological polar surface area (TPSA) is 95.1 Å². The summed E-state index contributed by atoms with van der Waals surface area (Å²) in [4.78, 5) is 23.4. The first-order valence-corrected chi connectivity index (χ1v) is 6.64. The molecule has 0 bridgehead atoms. The van der Waals surface area contributed by atoms with Gasteiger partial charge in [-0.05, 0) is 30.7 Å². The molecular formula is C16H13N3O3. The first-order chi connectivity index (χ1) is 10.6. The Hall–Kier alpha value is -3.15. The Bertz CT molecular complexity index is 883. The van der Waals surface area contributed by atoms with Gasteiger partial charge in [-0.2, -0.15) is 5.10 Å². The third-order valence-electron chi connectivity index (χ3n) is 3.41. The summed E-state index contributed by atoms with van der Waals surface area (Å²) >= 11 is 0. The number of nitrogens with one attached hydrogen (secondary N) is 2. The smallest absolute Gasteiger partial charge is 0.336 e. The van der Waals surface area contributed by atoms with E-state index in [1.165, 1.54) is 6.07 Å². The molecule has 0 aliphatic rings. The lowest BCUT2D eigenvalue weighted by molar-refractivity contribution is 0.0695. The molecule has 0 fully saturated rings. The van der Waals surface area contributed by atoms with Crippen molar-refractivity contribution in [2.45, 2.75) is 6.92 Å². The number of rotatable bonds is 3. The van der Waals surface area contributed by atoms with E-state index in [-0.39, 0.29) is 11.3 Å². The Morgan fingerprint density at radius 2 is 1.95 bits per heavy atom. The molecule has 3 N–H and O–H groups in total. The van der Waals surface area contributed by atoms with E-state index in [9.17, 15) is 9.59 Å². The molecule has 0 saturated carbocycles. The van der Waals surface area contributed by atoms with Crippen molar-refractivity contribution in [1.29, 1.82) is 0 Å². The Morgan fingerprint density at radius 3 is 2.73 bits per heavy atom. The van der Waals surface area contributed by atoms with Crippen LogP contribution in [-0.4, -0.2) is 27.2 Å². The maximum Gasteiger partial charge on any atom is 0.336 e. The number of carbonyl (C=O) groups is 2. The predicted molar refractivity (Wildman–Crippen MR) is 82.2 cm³/mol. The molecule has 22 heavy (non-hydrogen) atoms. The summed E-state index contributed by atoms with van der Waals surface area (Å²) < 4.78 is 0. The minimum absolute atomic E-state index is 0.157. The summed E-state index contributed by atoms with van der Waals surface area (Å²) in [7, 11) is 0. The van der Waals surface area contributed by atoms with Crippen molar-refractivity contribution < 1.29 is 14.7 Å². The average molecular weight is 295 g/mol. The Morgan fingerprint density at radius 1 is 1.18 bits per heavy atom. The molecule has 2 aromatic carbocycles. The second-order valence-corrected chi connectivity index (χ2v) is 4.91. The molecule has 110 valence electrons. The van der Waals surface area contributed by atoms with Crippen molar-refractivity contribution in [3.63, 3.8) is 0 Å². The van der Waals surface area contributed by atoms with Crippen molar-refractivity contribution in [2.75, 3.05) is 5.32 Å². The van der Waals surface area contributed by atoms with Gasteiger partial charge in [0, 0.05) is 11.1 Å². The largest absolute Gasteiger partial charge is 0.478 e. The SMILES string of the molecule is Cc1ccc(NC(=O)c2n[nH]c3ccccc23)cc1C(=O)O. The molecule has 6 heteroatoms. The Kier molecular flexibility index (Phi) is 3.34. The maximum absolute atomic E-state index is 12.3. The molecule has 6 nitrogen and oxygen atoms in total. The van der Waals surface area contributed by atoms with Gasteiger partial charge in [0.1, 0.15) is 0 Å². The second-order valence-electron chi connectivity index (χ2n) is 4.91. The minimum Gasteiger partial charge on any atom is -0.478 e. The first-order valence-electron chi connectivity index (χ1n) is 6.64. The number of H-pyrrole nitrogens is 1. The van der Waals surface area contributed by atoms with Gasteiger partial charge < -0.3 is 10.4 Å². The highest BCUT2D eigenvalue weighted by atomic mass is 16.4. The number of carbonyl (C=O) groups excluding carboxylic acids is 1. The van der Waals surface area contributed by atoms with Gasteiger partial charge in [0.25, 0.3) is 5.91 Å². The summed E-state index contributed by atoms with van der Waals surface area (Å²) in [5, 5.41) is 19.3. The number of aromatic carboxylic acids is 1. The fourth-order valence-corrected chi connectivity index (χ4v) is 2.26. The van der Waals surface area contributed by atoms with Crippen LogP contribution in [0.2, 0.25) is 0 Å². The molecule has 0 aliphatic heterocycles. The molecule has 1 heterocycles. The van der Waals surface area contributed by atoms with Crippen LogP contribution in [0.1, 0.15) is 26.4 Å². The van der Waals surface area contributed by atoms with Gasteiger partial charge in [-0.25, -0.2) is 4.79 Å². The molecule has 0 spiro atoms. The average Bonchev–Trinajstić information content (AvgIpc) is 2.93. The Balaban J connectivity index is 1.91. The van der Waals surface area contributed by atoms with E-state index in [4.69, 9.17) is 5.11 Å². The number of anilines is 1. The zero-order valence-corrected chi connectivity index (χ0v) is 11.8. The number of aryl methyl sites for hydroxylation is 1. The summed E-state index contributed by atoms with van der Waals surface area (Å²) in [6.45, 7) is 1.70. The normalized spacial score (nSPS) is 10.6. The predicted octanol–water partition coefficient (Wildman–Crippen LogP) is 2.82. The van der Waals surface area contributed by atoms with Gasteiger partial charge in [-0.1, -0.05) is 24.3 Å². The maximum atomic E-state index is 12.3. The van der Waals surface area contributed by atoms with Crippen molar-refractivity contribution in [3.05, 3.63) is 59.3 Å². The van der Waals surface area contributed by atoms with E-state index in [2.05, 4.69) is 15.5 Å². The number of hydrogen-bond acceptors (Lipinski definition) is 3. The first kappa shape index (κ1) is 13.8. The Labute approximate surface area is 125 Å². The molecular weight excluding hydrogens is 282 g/mol. The molecule has 0 aliphatic carbocycles. The summed E-state index contributed by atoms with van der Waals surface area (Å²) in [6, 6.07) is 12.0. The molecule has 0 unspecified atom stereocenters. The number of carboxylic acid groups (broad SMARTS) is 1. The number of aromatic nitrogens is 2. The van der Waals surface area contributed by atoms with E-state index in [0.717, 1.165) is 5.52 Å². The van der Waals surface area contributed by atoms with Crippen molar-refractivity contribution in [3.8, 4) is 0 Å². The van der Waals surface area contributed by atoms with Crippen LogP contribution in [0.3, 0.4) is 0 Å². The van der Waals surface area contributed by atoms with Crippen molar-refractivity contribution >= 4 is 28.5 Å². The van der Waals surface area contributed by atoms with Crippen LogP contribution in [0.5, 0.6) is 0 Å². The van der Waals surface area contributed by atoms with Gasteiger partial charge in [-0.3, -0.25) is 9.89 Å². The van der Waals surface area contributed by atoms with Gasteiger partial charge in [0.15, 0.2) is 5.69 Å². The zero-order chi connectivity index (χ0) is 15.7. The summed E-state index contributed by atoms with van der Waals surface area (Å²) in [5.74, 6) is -1.42. The van der Waals surface area contributed by atoms with Crippen LogP contribution in [0, 0.1) is 6.92 Å². The second kappa shape index (κ2) is 5.33. The third kappa shape index (κ3) is 2.42. The highest BCUT2D eigenvalue weighted by Crippen LogP contribution is 2.19. The molecule has 0 atom stereocenters. The van der Waals surface area contributed by atoms with E-state index in [1.807, 2.05) is 18.2 Å². The van der Waals surface area contributed by atoms with E-state index in [0.29, 0.717) is 16.6 Å². The number of para-hydroxylation sites is 1. The highest BCUT2D eigenvalue weighted by molar-refractivity contribution is 6.11. The summed E-state index contributed by atoms with van der Waals surface area (Å²) in [5.41, 5.74) is 2.25. The van der Waals surface area contributed by atoms with Crippen LogP contribution in [0.4, 0.5) is 5.69 Å². The fourth-order valence-electron chi connectivity index (χ4n) is 2.26. The number of benzene rings is 2. The van der Waals surface area contributed by atoms with Crippen LogP contribution < -0.4 is 5.32 Å². The number of amides is 1. The molecule has 0 saturated heterocycles.